The maximum Gasteiger partial charge on any atom is 0.0732 e. The van der Waals surface area contributed by atoms with Gasteiger partial charge in [-0.2, -0.15) is 0 Å². The second-order valence-corrected chi connectivity index (χ2v) is 5.17. The van der Waals surface area contributed by atoms with Crippen LogP contribution in [0.5, 0.6) is 0 Å². The molecule has 1 fully saturated rings. The van der Waals surface area contributed by atoms with E-state index in [2.05, 4.69) is 5.32 Å². The summed E-state index contributed by atoms with van der Waals surface area (Å²) in [5.41, 5.74) is 1.01. The number of rotatable bonds is 4. The zero-order valence-corrected chi connectivity index (χ0v) is 11.4. The Bertz CT molecular complexity index is 357. The van der Waals surface area contributed by atoms with Crippen LogP contribution in [0, 0.1) is 0 Å². The van der Waals surface area contributed by atoms with E-state index in [0.717, 1.165) is 41.5 Å². The first-order valence-corrected chi connectivity index (χ1v) is 6.69. The standard InChI is InChI=1S/C13H17Cl2NO/c1-16-12(13-6-3-7-17-13)8-9-10(14)4-2-5-11(9)15/h2,4-5,12-13,16H,3,6-8H2,1H3. The monoisotopic (exact) mass is 273 g/mol. The van der Waals surface area contributed by atoms with Crippen molar-refractivity contribution in [1.82, 2.24) is 5.32 Å². The maximum absolute atomic E-state index is 6.18. The van der Waals surface area contributed by atoms with E-state index in [1.807, 2.05) is 25.2 Å². The Balaban J connectivity index is 2.12. The van der Waals surface area contributed by atoms with E-state index in [9.17, 15) is 0 Å². The van der Waals surface area contributed by atoms with Gasteiger partial charge in [0, 0.05) is 22.7 Å². The van der Waals surface area contributed by atoms with Crippen LogP contribution in [0.2, 0.25) is 10.0 Å². The molecule has 4 heteroatoms. The molecule has 1 aromatic carbocycles. The van der Waals surface area contributed by atoms with Crippen LogP contribution >= 0.6 is 23.2 Å². The van der Waals surface area contributed by atoms with Crippen molar-refractivity contribution in [2.24, 2.45) is 0 Å². The lowest BCUT2D eigenvalue weighted by Crippen LogP contribution is -2.39. The van der Waals surface area contributed by atoms with Gasteiger partial charge in [0.1, 0.15) is 0 Å². The summed E-state index contributed by atoms with van der Waals surface area (Å²) in [5, 5.41) is 4.77. The van der Waals surface area contributed by atoms with Gasteiger partial charge in [-0.25, -0.2) is 0 Å². The molecule has 0 bridgehead atoms. The third-order valence-electron chi connectivity index (χ3n) is 3.27. The first-order chi connectivity index (χ1) is 8.22. The Kier molecular flexibility index (Phi) is 4.69. The van der Waals surface area contributed by atoms with Crippen LogP contribution < -0.4 is 5.32 Å². The fourth-order valence-corrected chi connectivity index (χ4v) is 2.84. The van der Waals surface area contributed by atoms with Gasteiger partial charge in [0.15, 0.2) is 0 Å². The minimum absolute atomic E-state index is 0.271. The van der Waals surface area contributed by atoms with Crippen molar-refractivity contribution < 1.29 is 4.74 Å². The number of likely N-dealkylation sites (N-methyl/N-ethyl adjacent to an activating group) is 1. The summed E-state index contributed by atoms with van der Waals surface area (Å²) in [4.78, 5) is 0. The molecule has 94 valence electrons. The van der Waals surface area contributed by atoms with Gasteiger partial charge in [-0.3, -0.25) is 0 Å². The number of ether oxygens (including phenoxy) is 1. The van der Waals surface area contributed by atoms with Gasteiger partial charge in [0.2, 0.25) is 0 Å². The molecule has 0 aliphatic carbocycles. The van der Waals surface area contributed by atoms with Crippen LogP contribution in [-0.4, -0.2) is 25.8 Å². The number of halogens is 2. The third-order valence-corrected chi connectivity index (χ3v) is 3.98. The zero-order valence-electron chi connectivity index (χ0n) is 9.88. The lowest BCUT2D eigenvalue weighted by molar-refractivity contribution is 0.0808. The highest BCUT2D eigenvalue weighted by molar-refractivity contribution is 6.36. The Labute approximate surface area is 112 Å². The van der Waals surface area contributed by atoms with E-state index >= 15 is 0 Å². The lowest BCUT2D eigenvalue weighted by atomic mass is 9.99. The van der Waals surface area contributed by atoms with Gasteiger partial charge in [0.25, 0.3) is 0 Å². The fraction of sp³-hybridized carbons (Fsp3) is 0.538. The molecule has 1 N–H and O–H groups in total. The van der Waals surface area contributed by atoms with Gasteiger partial charge < -0.3 is 10.1 Å². The van der Waals surface area contributed by atoms with Crippen LogP contribution in [0.15, 0.2) is 18.2 Å². The van der Waals surface area contributed by atoms with E-state index in [4.69, 9.17) is 27.9 Å². The highest BCUT2D eigenvalue weighted by Gasteiger charge is 2.26. The SMILES string of the molecule is CNC(Cc1c(Cl)cccc1Cl)C1CCCO1. The van der Waals surface area contributed by atoms with E-state index < -0.39 is 0 Å². The Morgan fingerprint density at radius 3 is 2.65 bits per heavy atom. The van der Waals surface area contributed by atoms with Crippen LogP contribution in [0.1, 0.15) is 18.4 Å². The molecule has 1 aliphatic rings. The second-order valence-electron chi connectivity index (χ2n) is 4.35. The maximum atomic E-state index is 6.18. The first-order valence-electron chi connectivity index (χ1n) is 5.94. The molecule has 1 aliphatic heterocycles. The van der Waals surface area contributed by atoms with Crippen molar-refractivity contribution in [1.29, 1.82) is 0 Å². The summed E-state index contributed by atoms with van der Waals surface area (Å²) in [7, 11) is 1.96. The second kappa shape index (κ2) is 6.05. The third kappa shape index (κ3) is 3.14. The van der Waals surface area contributed by atoms with Crippen molar-refractivity contribution in [3.05, 3.63) is 33.8 Å². The molecule has 2 rings (SSSR count). The molecule has 0 radical (unpaired) electrons. The Morgan fingerprint density at radius 2 is 2.12 bits per heavy atom. The van der Waals surface area contributed by atoms with E-state index in [0.29, 0.717) is 0 Å². The molecule has 1 aromatic rings. The molecule has 0 spiro atoms. The van der Waals surface area contributed by atoms with Crippen LogP contribution in [0.3, 0.4) is 0 Å². The average molecular weight is 274 g/mol. The van der Waals surface area contributed by atoms with E-state index in [1.165, 1.54) is 0 Å². The quantitative estimate of drug-likeness (QED) is 0.909. The van der Waals surface area contributed by atoms with Crippen molar-refractivity contribution >= 4 is 23.2 Å². The van der Waals surface area contributed by atoms with Crippen molar-refractivity contribution in [2.45, 2.75) is 31.4 Å². The number of hydrogen-bond acceptors (Lipinski definition) is 2. The van der Waals surface area contributed by atoms with E-state index in [-0.39, 0.29) is 12.1 Å². The lowest BCUT2D eigenvalue weighted by Gasteiger charge is -2.23. The molecular weight excluding hydrogens is 257 g/mol. The summed E-state index contributed by atoms with van der Waals surface area (Å²) in [6.07, 6.45) is 3.32. The molecule has 0 amide bonds. The predicted molar refractivity (Wildman–Crippen MR) is 72.0 cm³/mol. The summed E-state index contributed by atoms with van der Waals surface area (Å²) in [6, 6.07) is 5.90. The minimum atomic E-state index is 0.271. The molecular formula is C13H17Cl2NO. The van der Waals surface area contributed by atoms with Gasteiger partial charge in [0.05, 0.1) is 6.10 Å². The van der Waals surface area contributed by atoms with Crippen LogP contribution in [0.25, 0.3) is 0 Å². The molecule has 0 aromatic heterocycles. The molecule has 1 heterocycles. The van der Waals surface area contributed by atoms with Gasteiger partial charge in [-0.15, -0.1) is 0 Å². The van der Waals surface area contributed by atoms with Crippen molar-refractivity contribution in [3.8, 4) is 0 Å². The molecule has 2 nitrogen and oxygen atoms in total. The smallest absolute Gasteiger partial charge is 0.0732 e. The summed E-state index contributed by atoms with van der Waals surface area (Å²) < 4.78 is 5.71. The highest BCUT2D eigenvalue weighted by Crippen LogP contribution is 2.27. The largest absolute Gasteiger partial charge is 0.377 e. The zero-order chi connectivity index (χ0) is 12.3. The predicted octanol–water partition coefficient (Wildman–Crippen LogP) is 3.30. The van der Waals surface area contributed by atoms with E-state index in [1.54, 1.807) is 0 Å². The summed E-state index contributed by atoms with van der Waals surface area (Å²) >= 11 is 12.4. The molecule has 2 unspecified atom stereocenters. The molecule has 1 saturated heterocycles. The Hall–Kier alpha value is -0.280. The summed E-state index contributed by atoms with van der Waals surface area (Å²) in [6.45, 7) is 0.860. The summed E-state index contributed by atoms with van der Waals surface area (Å²) in [5.74, 6) is 0. The van der Waals surface area contributed by atoms with Crippen molar-refractivity contribution in [2.75, 3.05) is 13.7 Å². The number of nitrogens with one attached hydrogen (secondary N) is 1. The fourth-order valence-electron chi connectivity index (χ4n) is 2.29. The van der Waals surface area contributed by atoms with Gasteiger partial charge >= 0.3 is 0 Å². The normalized spacial score (nSPS) is 21.7. The molecule has 17 heavy (non-hydrogen) atoms. The molecule has 2 atom stereocenters. The first kappa shape index (κ1) is 13.2. The number of hydrogen-bond donors (Lipinski definition) is 1. The van der Waals surface area contributed by atoms with Gasteiger partial charge in [-0.05, 0) is 44.0 Å². The van der Waals surface area contributed by atoms with Crippen LogP contribution in [-0.2, 0) is 11.2 Å². The topological polar surface area (TPSA) is 21.3 Å². The Morgan fingerprint density at radius 1 is 1.41 bits per heavy atom. The minimum Gasteiger partial charge on any atom is -0.377 e. The van der Waals surface area contributed by atoms with Crippen molar-refractivity contribution in [3.63, 3.8) is 0 Å². The van der Waals surface area contributed by atoms with Gasteiger partial charge in [-0.1, -0.05) is 29.3 Å². The molecule has 0 saturated carbocycles. The average Bonchev–Trinajstić information content (AvgIpc) is 2.82. The highest BCUT2D eigenvalue weighted by atomic mass is 35.5. The van der Waals surface area contributed by atoms with Crippen LogP contribution in [0.4, 0.5) is 0 Å². The number of benzene rings is 1.